The molecular formula is C10H13FN2OS. The van der Waals surface area contributed by atoms with E-state index in [9.17, 15) is 4.39 Å². The third-order valence-corrected chi connectivity index (χ3v) is 3.12. The number of nitrogens with one attached hydrogen (secondary N) is 1. The number of alkyl halides is 1. The van der Waals surface area contributed by atoms with Crippen LogP contribution in [0.4, 0.5) is 10.1 Å². The van der Waals surface area contributed by atoms with Crippen LogP contribution in [0.3, 0.4) is 0 Å². The zero-order chi connectivity index (χ0) is 10.7. The highest BCUT2D eigenvalue weighted by Gasteiger charge is 2.17. The molecule has 0 spiro atoms. The standard InChI is InChI=1S/C10H13FN2OS/c1-14-8-2-3-9-10(6-8)15-12-7-13(9)5-4-11/h2-3,6,12H,4-5,7H2,1H3. The summed E-state index contributed by atoms with van der Waals surface area (Å²) in [5.41, 5.74) is 1.07. The number of fused-ring (bicyclic) bond motifs is 1. The molecule has 0 saturated carbocycles. The minimum Gasteiger partial charge on any atom is -0.497 e. The zero-order valence-corrected chi connectivity index (χ0v) is 9.31. The van der Waals surface area contributed by atoms with E-state index in [0.717, 1.165) is 16.3 Å². The fourth-order valence-electron chi connectivity index (χ4n) is 1.54. The highest BCUT2D eigenvalue weighted by Crippen LogP contribution is 2.34. The summed E-state index contributed by atoms with van der Waals surface area (Å²) in [5.74, 6) is 0.824. The van der Waals surface area contributed by atoms with Crippen LogP contribution in [0.5, 0.6) is 5.75 Å². The lowest BCUT2D eigenvalue weighted by atomic mass is 10.2. The Labute approximate surface area is 92.7 Å². The molecule has 1 heterocycles. The van der Waals surface area contributed by atoms with Crippen molar-refractivity contribution < 1.29 is 9.13 Å². The van der Waals surface area contributed by atoms with Gasteiger partial charge in [-0.15, -0.1) is 0 Å². The number of anilines is 1. The zero-order valence-electron chi connectivity index (χ0n) is 8.50. The maximum absolute atomic E-state index is 12.3. The Balaban J connectivity index is 2.28. The minimum atomic E-state index is -0.336. The Hall–Kier alpha value is -0.940. The predicted octanol–water partition coefficient (Wildman–Crippen LogP) is 2.04. The Morgan fingerprint density at radius 2 is 2.47 bits per heavy atom. The first-order valence-corrected chi connectivity index (χ1v) is 5.55. The Morgan fingerprint density at radius 1 is 1.60 bits per heavy atom. The molecule has 0 fully saturated rings. The van der Waals surface area contributed by atoms with Crippen LogP contribution < -0.4 is 14.4 Å². The average molecular weight is 228 g/mol. The van der Waals surface area contributed by atoms with Gasteiger partial charge < -0.3 is 9.64 Å². The van der Waals surface area contributed by atoms with Crippen LogP contribution in [0.1, 0.15) is 0 Å². The second kappa shape index (κ2) is 4.72. The number of ether oxygens (including phenoxy) is 1. The summed E-state index contributed by atoms with van der Waals surface area (Å²) in [5, 5.41) is 0. The minimum absolute atomic E-state index is 0.336. The average Bonchev–Trinajstić information content (AvgIpc) is 2.29. The summed E-state index contributed by atoms with van der Waals surface area (Å²) >= 11 is 1.55. The van der Waals surface area contributed by atoms with E-state index in [0.29, 0.717) is 13.2 Å². The molecule has 1 N–H and O–H groups in total. The summed E-state index contributed by atoms with van der Waals surface area (Å²) in [6.07, 6.45) is 0. The van der Waals surface area contributed by atoms with Crippen LogP contribution >= 0.6 is 11.9 Å². The molecule has 3 nitrogen and oxygen atoms in total. The normalized spacial score (nSPS) is 14.9. The van der Waals surface area contributed by atoms with Gasteiger partial charge in [0, 0.05) is 11.4 Å². The molecule has 15 heavy (non-hydrogen) atoms. The van der Waals surface area contributed by atoms with Gasteiger partial charge in [0.25, 0.3) is 0 Å². The van der Waals surface area contributed by atoms with E-state index < -0.39 is 0 Å². The van der Waals surface area contributed by atoms with Gasteiger partial charge in [-0.05, 0) is 30.1 Å². The van der Waals surface area contributed by atoms with Crippen molar-refractivity contribution in [2.24, 2.45) is 0 Å². The van der Waals surface area contributed by atoms with Crippen molar-refractivity contribution in [3.63, 3.8) is 0 Å². The third-order valence-electron chi connectivity index (χ3n) is 2.30. The second-order valence-electron chi connectivity index (χ2n) is 3.19. The van der Waals surface area contributed by atoms with Crippen molar-refractivity contribution in [2.45, 2.75) is 4.90 Å². The molecule has 0 aliphatic carbocycles. The Kier molecular flexibility index (Phi) is 3.33. The number of nitrogens with zero attached hydrogens (tertiary/aromatic N) is 1. The molecule has 1 aromatic carbocycles. The lowest BCUT2D eigenvalue weighted by Crippen LogP contribution is -2.36. The summed E-state index contributed by atoms with van der Waals surface area (Å²) in [6.45, 7) is 0.763. The predicted molar refractivity (Wildman–Crippen MR) is 60.2 cm³/mol. The monoisotopic (exact) mass is 228 g/mol. The molecule has 0 amide bonds. The number of hydrogen-bond acceptors (Lipinski definition) is 4. The molecule has 1 aromatic rings. The number of halogens is 1. The van der Waals surface area contributed by atoms with Crippen LogP contribution in [0, 0.1) is 0 Å². The summed E-state index contributed by atoms with van der Waals surface area (Å²) in [7, 11) is 1.64. The number of methoxy groups -OCH3 is 1. The van der Waals surface area contributed by atoms with E-state index in [1.807, 2.05) is 23.1 Å². The van der Waals surface area contributed by atoms with E-state index in [4.69, 9.17) is 4.74 Å². The van der Waals surface area contributed by atoms with Crippen molar-refractivity contribution in [1.29, 1.82) is 0 Å². The first-order chi connectivity index (χ1) is 7.35. The molecule has 0 radical (unpaired) electrons. The van der Waals surface area contributed by atoms with Gasteiger partial charge >= 0.3 is 0 Å². The molecule has 1 aliphatic heterocycles. The van der Waals surface area contributed by atoms with Crippen molar-refractivity contribution in [2.75, 3.05) is 31.9 Å². The molecule has 0 unspecified atom stereocenters. The van der Waals surface area contributed by atoms with E-state index >= 15 is 0 Å². The molecule has 1 aliphatic rings. The van der Waals surface area contributed by atoms with Gasteiger partial charge in [-0.1, -0.05) is 0 Å². The SMILES string of the molecule is COc1ccc2c(c1)SNCN2CCF. The maximum Gasteiger partial charge on any atom is 0.120 e. The van der Waals surface area contributed by atoms with E-state index in [1.54, 1.807) is 19.1 Å². The van der Waals surface area contributed by atoms with E-state index in [2.05, 4.69) is 4.72 Å². The molecule has 2 rings (SSSR count). The lowest BCUT2D eigenvalue weighted by Gasteiger charge is -2.30. The quantitative estimate of drug-likeness (QED) is 0.800. The van der Waals surface area contributed by atoms with Gasteiger partial charge in [0.1, 0.15) is 12.4 Å². The fourth-order valence-corrected chi connectivity index (χ4v) is 2.39. The molecule has 82 valence electrons. The Bertz CT molecular complexity index is 348. The first-order valence-electron chi connectivity index (χ1n) is 4.74. The smallest absolute Gasteiger partial charge is 0.120 e. The summed E-state index contributed by atoms with van der Waals surface area (Å²) in [6, 6.07) is 5.82. The first kappa shape index (κ1) is 10.6. The van der Waals surface area contributed by atoms with Gasteiger partial charge in [-0.3, -0.25) is 0 Å². The van der Waals surface area contributed by atoms with Crippen molar-refractivity contribution in [1.82, 2.24) is 4.72 Å². The number of benzene rings is 1. The van der Waals surface area contributed by atoms with Crippen LogP contribution in [-0.4, -0.2) is 27.0 Å². The second-order valence-corrected chi connectivity index (χ2v) is 4.12. The summed E-state index contributed by atoms with van der Waals surface area (Å²) < 4.78 is 20.6. The van der Waals surface area contributed by atoms with Gasteiger partial charge in [0.05, 0.1) is 19.5 Å². The van der Waals surface area contributed by atoms with Crippen molar-refractivity contribution in [3.05, 3.63) is 18.2 Å². The van der Waals surface area contributed by atoms with Gasteiger partial charge in [-0.2, -0.15) is 0 Å². The highest BCUT2D eigenvalue weighted by molar-refractivity contribution is 7.97. The lowest BCUT2D eigenvalue weighted by molar-refractivity contribution is 0.413. The molecular weight excluding hydrogens is 215 g/mol. The van der Waals surface area contributed by atoms with E-state index in [-0.39, 0.29) is 6.67 Å². The topological polar surface area (TPSA) is 24.5 Å². The number of hydrogen-bond donors (Lipinski definition) is 1. The van der Waals surface area contributed by atoms with Gasteiger partial charge in [-0.25, -0.2) is 9.11 Å². The van der Waals surface area contributed by atoms with E-state index in [1.165, 1.54) is 0 Å². The molecule has 0 aromatic heterocycles. The van der Waals surface area contributed by atoms with Gasteiger partial charge in [0.15, 0.2) is 0 Å². The van der Waals surface area contributed by atoms with Crippen LogP contribution in [0.2, 0.25) is 0 Å². The molecule has 0 saturated heterocycles. The fraction of sp³-hybridized carbons (Fsp3) is 0.400. The van der Waals surface area contributed by atoms with Crippen molar-refractivity contribution >= 4 is 17.6 Å². The molecule has 5 heteroatoms. The van der Waals surface area contributed by atoms with Gasteiger partial charge in [0.2, 0.25) is 0 Å². The highest BCUT2D eigenvalue weighted by atomic mass is 32.2. The Morgan fingerprint density at radius 3 is 3.20 bits per heavy atom. The van der Waals surface area contributed by atoms with Crippen molar-refractivity contribution in [3.8, 4) is 5.75 Å². The third kappa shape index (κ3) is 2.18. The maximum atomic E-state index is 12.3. The largest absolute Gasteiger partial charge is 0.497 e. The van der Waals surface area contributed by atoms with Crippen LogP contribution in [0.25, 0.3) is 0 Å². The number of rotatable bonds is 3. The van der Waals surface area contributed by atoms with Crippen LogP contribution in [0.15, 0.2) is 23.1 Å². The molecule has 0 atom stereocenters. The molecule has 0 bridgehead atoms. The summed E-state index contributed by atoms with van der Waals surface area (Å²) in [4.78, 5) is 3.06. The van der Waals surface area contributed by atoms with Crippen LogP contribution in [-0.2, 0) is 0 Å².